The van der Waals surface area contributed by atoms with Crippen LogP contribution < -0.4 is 4.90 Å². The van der Waals surface area contributed by atoms with Gasteiger partial charge in [-0.3, -0.25) is 4.79 Å². The highest BCUT2D eigenvalue weighted by Crippen LogP contribution is 2.20. The first-order valence-corrected chi connectivity index (χ1v) is 8.01. The Kier molecular flexibility index (Phi) is 4.07. The van der Waals surface area contributed by atoms with Gasteiger partial charge in [-0.2, -0.15) is 5.26 Å². The summed E-state index contributed by atoms with van der Waals surface area (Å²) in [4.78, 5) is 21.6. The summed E-state index contributed by atoms with van der Waals surface area (Å²) in [6.45, 7) is 4.79. The minimum absolute atomic E-state index is 0.117. The first kappa shape index (κ1) is 14.5. The normalized spacial score (nSPS) is 14.7. The fourth-order valence-electron chi connectivity index (χ4n) is 2.53. The molecule has 1 amide bonds. The molecule has 6 heteroatoms. The Morgan fingerprint density at radius 1 is 1.32 bits per heavy atom. The largest absolute Gasteiger partial charge is 0.353 e. The maximum atomic E-state index is 12.5. The number of thiophene rings is 1. The minimum atomic E-state index is 0.117. The molecule has 5 nitrogen and oxygen atoms in total. The number of hydrogen-bond donors (Lipinski definition) is 0. The predicted octanol–water partition coefficient (Wildman–Crippen LogP) is 2.29. The second kappa shape index (κ2) is 6.16. The van der Waals surface area contributed by atoms with Crippen molar-refractivity contribution in [2.45, 2.75) is 6.92 Å². The SMILES string of the molecule is Cc1ccsc1C(=O)N1CCN(c2cc(C#N)ccn2)CC1. The molecule has 1 aliphatic rings. The Bertz CT molecular complexity index is 726. The van der Waals surface area contributed by atoms with Crippen LogP contribution in [-0.2, 0) is 0 Å². The summed E-state index contributed by atoms with van der Waals surface area (Å²) in [5.74, 6) is 0.921. The Morgan fingerprint density at radius 3 is 2.73 bits per heavy atom. The number of carbonyl (C=O) groups excluding carboxylic acids is 1. The van der Waals surface area contributed by atoms with Gasteiger partial charge in [0.2, 0.25) is 0 Å². The summed E-state index contributed by atoms with van der Waals surface area (Å²) < 4.78 is 0. The van der Waals surface area contributed by atoms with Crippen LogP contribution in [0.3, 0.4) is 0 Å². The van der Waals surface area contributed by atoms with E-state index in [1.807, 2.05) is 23.3 Å². The number of aryl methyl sites for hydroxylation is 1. The molecule has 2 aromatic heterocycles. The lowest BCUT2D eigenvalue weighted by molar-refractivity contribution is 0.0751. The molecular formula is C16H16N4OS. The molecular weight excluding hydrogens is 296 g/mol. The highest BCUT2D eigenvalue weighted by molar-refractivity contribution is 7.12. The van der Waals surface area contributed by atoms with E-state index in [4.69, 9.17) is 5.26 Å². The smallest absolute Gasteiger partial charge is 0.264 e. The Hall–Kier alpha value is -2.39. The molecule has 1 saturated heterocycles. The fraction of sp³-hybridized carbons (Fsp3) is 0.312. The van der Waals surface area contributed by atoms with E-state index in [2.05, 4.69) is 16.0 Å². The van der Waals surface area contributed by atoms with Crippen LogP contribution in [0.1, 0.15) is 20.8 Å². The lowest BCUT2D eigenvalue weighted by Crippen LogP contribution is -2.49. The molecule has 0 saturated carbocycles. The second-order valence-corrected chi connectivity index (χ2v) is 6.14. The van der Waals surface area contributed by atoms with Crippen LogP contribution in [0.5, 0.6) is 0 Å². The zero-order chi connectivity index (χ0) is 15.5. The quantitative estimate of drug-likeness (QED) is 0.853. The summed E-state index contributed by atoms with van der Waals surface area (Å²) in [5.41, 5.74) is 1.65. The monoisotopic (exact) mass is 312 g/mol. The van der Waals surface area contributed by atoms with Crippen LogP contribution in [0.25, 0.3) is 0 Å². The number of pyridine rings is 1. The molecule has 0 aromatic carbocycles. The fourth-order valence-corrected chi connectivity index (χ4v) is 3.43. The van der Waals surface area contributed by atoms with Gasteiger partial charge in [0.25, 0.3) is 5.91 Å². The van der Waals surface area contributed by atoms with E-state index < -0.39 is 0 Å². The number of carbonyl (C=O) groups is 1. The molecule has 1 aliphatic heterocycles. The van der Waals surface area contributed by atoms with E-state index in [0.717, 1.165) is 29.3 Å². The van der Waals surface area contributed by atoms with Crippen molar-refractivity contribution >= 4 is 23.1 Å². The molecule has 0 radical (unpaired) electrons. The Morgan fingerprint density at radius 2 is 2.09 bits per heavy atom. The average Bonchev–Trinajstić information content (AvgIpc) is 3.00. The van der Waals surface area contributed by atoms with E-state index in [0.29, 0.717) is 18.7 Å². The van der Waals surface area contributed by atoms with Crippen molar-refractivity contribution in [3.8, 4) is 6.07 Å². The van der Waals surface area contributed by atoms with Gasteiger partial charge in [0.15, 0.2) is 0 Å². The van der Waals surface area contributed by atoms with Gasteiger partial charge in [-0.1, -0.05) is 0 Å². The molecule has 3 heterocycles. The molecule has 22 heavy (non-hydrogen) atoms. The lowest BCUT2D eigenvalue weighted by atomic mass is 10.2. The zero-order valence-corrected chi connectivity index (χ0v) is 13.1. The summed E-state index contributed by atoms with van der Waals surface area (Å²) in [5, 5.41) is 10.9. The number of nitrogens with zero attached hydrogens (tertiary/aromatic N) is 4. The number of hydrogen-bond acceptors (Lipinski definition) is 5. The minimum Gasteiger partial charge on any atom is -0.353 e. The topological polar surface area (TPSA) is 60.2 Å². The number of anilines is 1. The van der Waals surface area contributed by atoms with Crippen LogP contribution in [0.2, 0.25) is 0 Å². The van der Waals surface area contributed by atoms with Crippen LogP contribution in [0.15, 0.2) is 29.8 Å². The zero-order valence-electron chi connectivity index (χ0n) is 12.3. The molecule has 0 spiro atoms. The number of nitriles is 1. The van der Waals surface area contributed by atoms with Crippen molar-refractivity contribution in [1.29, 1.82) is 5.26 Å². The molecule has 112 valence electrons. The van der Waals surface area contributed by atoms with Crippen molar-refractivity contribution in [2.75, 3.05) is 31.1 Å². The number of aromatic nitrogens is 1. The maximum Gasteiger partial charge on any atom is 0.264 e. The third-order valence-corrected chi connectivity index (χ3v) is 4.83. The van der Waals surface area contributed by atoms with Gasteiger partial charge in [-0.05, 0) is 36.1 Å². The van der Waals surface area contributed by atoms with E-state index in [1.54, 1.807) is 18.3 Å². The van der Waals surface area contributed by atoms with Crippen LogP contribution >= 0.6 is 11.3 Å². The maximum absolute atomic E-state index is 12.5. The van der Waals surface area contributed by atoms with Crippen molar-refractivity contribution in [1.82, 2.24) is 9.88 Å². The first-order chi connectivity index (χ1) is 10.7. The highest BCUT2D eigenvalue weighted by Gasteiger charge is 2.24. The molecule has 0 N–H and O–H groups in total. The summed E-state index contributed by atoms with van der Waals surface area (Å²) >= 11 is 1.50. The number of piperazine rings is 1. The first-order valence-electron chi connectivity index (χ1n) is 7.13. The van der Waals surface area contributed by atoms with Crippen LogP contribution in [-0.4, -0.2) is 42.0 Å². The molecule has 2 aromatic rings. The third-order valence-electron chi connectivity index (χ3n) is 3.82. The van der Waals surface area contributed by atoms with Crippen molar-refractivity contribution in [3.63, 3.8) is 0 Å². The van der Waals surface area contributed by atoms with E-state index >= 15 is 0 Å². The summed E-state index contributed by atoms with van der Waals surface area (Å²) in [6.07, 6.45) is 1.65. The lowest BCUT2D eigenvalue weighted by Gasteiger charge is -2.35. The van der Waals surface area contributed by atoms with Crippen LogP contribution in [0.4, 0.5) is 5.82 Å². The summed E-state index contributed by atoms with van der Waals surface area (Å²) in [6, 6.07) is 7.60. The van der Waals surface area contributed by atoms with Gasteiger partial charge in [0, 0.05) is 32.4 Å². The average molecular weight is 312 g/mol. The predicted molar refractivity (Wildman–Crippen MR) is 86.1 cm³/mol. The molecule has 0 aliphatic carbocycles. The summed E-state index contributed by atoms with van der Waals surface area (Å²) in [7, 11) is 0. The number of rotatable bonds is 2. The highest BCUT2D eigenvalue weighted by atomic mass is 32.1. The van der Waals surface area contributed by atoms with Gasteiger partial charge >= 0.3 is 0 Å². The van der Waals surface area contributed by atoms with E-state index in [9.17, 15) is 4.79 Å². The second-order valence-electron chi connectivity index (χ2n) is 5.23. The van der Waals surface area contributed by atoms with Gasteiger partial charge in [0.05, 0.1) is 16.5 Å². The van der Waals surface area contributed by atoms with Crippen molar-refractivity contribution < 1.29 is 4.79 Å². The molecule has 0 bridgehead atoms. The van der Waals surface area contributed by atoms with Gasteiger partial charge in [-0.15, -0.1) is 11.3 Å². The van der Waals surface area contributed by atoms with Gasteiger partial charge in [0.1, 0.15) is 5.82 Å². The van der Waals surface area contributed by atoms with E-state index in [-0.39, 0.29) is 5.91 Å². The molecule has 3 rings (SSSR count). The van der Waals surface area contributed by atoms with Gasteiger partial charge < -0.3 is 9.80 Å². The molecule has 0 unspecified atom stereocenters. The Balaban J connectivity index is 1.66. The third kappa shape index (κ3) is 2.81. The molecule has 1 fully saturated rings. The van der Waals surface area contributed by atoms with Crippen molar-refractivity contribution in [2.24, 2.45) is 0 Å². The van der Waals surface area contributed by atoms with Crippen molar-refractivity contribution in [3.05, 3.63) is 45.8 Å². The van der Waals surface area contributed by atoms with Gasteiger partial charge in [-0.25, -0.2) is 4.98 Å². The Labute approximate surface area is 133 Å². The van der Waals surface area contributed by atoms with E-state index in [1.165, 1.54) is 11.3 Å². The molecule has 0 atom stereocenters. The number of amides is 1. The standard InChI is InChI=1S/C16H16N4OS/c1-12-3-9-22-15(12)16(21)20-7-5-19(6-8-20)14-10-13(11-17)2-4-18-14/h2-4,9-10H,5-8H2,1H3. The van der Waals surface area contributed by atoms with Crippen LogP contribution in [0, 0.1) is 18.3 Å².